The van der Waals surface area contributed by atoms with Crippen LogP contribution >= 0.6 is 0 Å². The van der Waals surface area contributed by atoms with E-state index >= 15 is 0 Å². The van der Waals surface area contributed by atoms with E-state index in [1.807, 2.05) is 19.9 Å². The van der Waals surface area contributed by atoms with Crippen molar-refractivity contribution in [3.8, 4) is 11.5 Å². The zero-order valence-electron chi connectivity index (χ0n) is 23.8. The molecule has 0 aliphatic heterocycles. The van der Waals surface area contributed by atoms with Gasteiger partial charge >= 0.3 is 0 Å². The van der Waals surface area contributed by atoms with Crippen molar-refractivity contribution in [3.05, 3.63) is 83.4 Å². The molecule has 0 saturated heterocycles. The molecule has 3 aromatic rings. The predicted octanol–water partition coefficient (Wildman–Crippen LogP) is 4.07. The van der Waals surface area contributed by atoms with Gasteiger partial charge in [-0.25, -0.2) is 8.42 Å². The summed E-state index contributed by atoms with van der Waals surface area (Å²) >= 11 is 0. The van der Waals surface area contributed by atoms with E-state index in [4.69, 9.17) is 9.47 Å². The van der Waals surface area contributed by atoms with Crippen molar-refractivity contribution in [1.82, 2.24) is 10.2 Å². The predicted molar refractivity (Wildman–Crippen MR) is 155 cm³/mol. The number of carbonyl (C=O) groups excluding carboxylic acids is 2. The molecule has 3 aromatic carbocycles. The number of ether oxygens (including phenoxy) is 2. The van der Waals surface area contributed by atoms with Crippen LogP contribution in [0.4, 0.5) is 5.69 Å². The van der Waals surface area contributed by atoms with Crippen molar-refractivity contribution in [2.75, 3.05) is 32.1 Å². The molecule has 0 bridgehead atoms. The van der Waals surface area contributed by atoms with E-state index in [2.05, 4.69) is 5.32 Å². The topological polar surface area (TPSA) is 105 Å². The molecule has 0 fully saturated rings. The van der Waals surface area contributed by atoms with Gasteiger partial charge in [0.25, 0.3) is 10.0 Å². The summed E-state index contributed by atoms with van der Waals surface area (Å²) < 4.78 is 40.0. The van der Waals surface area contributed by atoms with Crippen LogP contribution in [0.5, 0.6) is 11.5 Å². The maximum absolute atomic E-state index is 14.1. The van der Waals surface area contributed by atoms with Crippen LogP contribution in [0.25, 0.3) is 0 Å². The minimum atomic E-state index is -4.21. The first-order chi connectivity index (χ1) is 19.0. The van der Waals surface area contributed by atoms with E-state index in [1.54, 1.807) is 62.6 Å². The van der Waals surface area contributed by atoms with Gasteiger partial charge in [0, 0.05) is 13.6 Å². The van der Waals surface area contributed by atoms with E-state index in [1.165, 1.54) is 31.2 Å². The third kappa shape index (κ3) is 6.93. The monoisotopic (exact) mass is 567 g/mol. The quantitative estimate of drug-likeness (QED) is 0.354. The fourth-order valence-electron chi connectivity index (χ4n) is 4.40. The Morgan fingerprint density at radius 1 is 0.925 bits per heavy atom. The van der Waals surface area contributed by atoms with Crippen molar-refractivity contribution < 1.29 is 27.5 Å². The van der Waals surface area contributed by atoms with Gasteiger partial charge < -0.3 is 19.7 Å². The second-order valence-corrected chi connectivity index (χ2v) is 11.3. The largest absolute Gasteiger partial charge is 0.497 e. The Morgan fingerprint density at radius 3 is 2.20 bits per heavy atom. The van der Waals surface area contributed by atoms with Crippen molar-refractivity contribution in [3.63, 3.8) is 0 Å². The molecule has 1 N–H and O–H groups in total. The van der Waals surface area contributed by atoms with Crippen LogP contribution in [0.3, 0.4) is 0 Å². The third-order valence-corrected chi connectivity index (χ3v) is 8.38. The van der Waals surface area contributed by atoms with Crippen LogP contribution in [0.15, 0.2) is 71.6 Å². The molecule has 1 atom stereocenters. The summed E-state index contributed by atoms with van der Waals surface area (Å²) in [6.07, 6.45) is 0.327. The molecule has 40 heavy (non-hydrogen) atoms. The highest BCUT2D eigenvalue weighted by Gasteiger charge is 2.34. The van der Waals surface area contributed by atoms with E-state index in [9.17, 15) is 18.0 Å². The summed E-state index contributed by atoms with van der Waals surface area (Å²) in [5.41, 5.74) is 2.65. The lowest BCUT2D eigenvalue weighted by molar-refractivity contribution is -0.140. The molecular weight excluding hydrogens is 530 g/mol. The number of nitrogens with one attached hydrogen (secondary N) is 1. The van der Waals surface area contributed by atoms with Gasteiger partial charge in [0.15, 0.2) is 0 Å². The van der Waals surface area contributed by atoms with Gasteiger partial charge in [-0.15, -0.1) is 0 Å². The fourth-order valence-corrected chi connectivity index (χ4v) is 5.82. The number of likely N-dealkylation sites (N-methyl/N-ethyl adjacent to an activating group) is 1. The lowest BCUT2D eigenvalue weighted by Gasteiger charge is -2.33. The molecule has 0 saturated carbocycles. The zero-order valence-corrected chi connectivity index (χ0v) is 24.6. The van der Waals surface area contributed by atoms with Gasteiger partial charge in [0.1, 0.15) is 24.1 Å². The lowest BCUT2D eigenvalue weighted by atomic mass is 10.1. The Balaban J connectivity index is 2.13. The molecule has 0 radical (unpaired) electrons. The highest BCUT2D eigenvalue weighted by Crippen LogP contribution is 2.34. The normalized spacial score (nSPS) is 11.8. The Morgan fingerprint density at radius 2 is 1.60 bits per heavy atom. The van der Waals surface area contributed by atoms with Crippen molar-refractivity contribution >= 4 is 27.5 Å². The Bertz CT molecular complexity index is 1440. The summed E-state index contributed by atoms with van der Waals surface area (Å²) in [4.78, 5) is 28.4. The molecule has 1 unspecified atom stereocenters. The number of anilines is 1. The Hall–Kier alpha value is -4.05. The van der Waals surface area contributed by atoms with Gasteiger partial charge in [-0.2, -0.15) is 0 Å². The molecule has 0 spiro atoms. The molecule has 0 heterocycles. The first-order valence-corrected chi connectivity index (χ1v) is 14.4. The maximum atomic E-state index is 14.1. The van der Waals surface area contributed by atoms with Crippen LogP contribution in [0.1, 0.15) is 30.0 Å². The second kappa shape index (κ2) is 13.3. The van der Waals surface area contributed by atoms with Crippen LogP contribution in [0, 0.1) is 13.8 Å². The number of carbonyl (C=O) groups is 2. The van der Waals surface area contributed by atoms with Crippen molar-refractivity contribution in [1.29, 1.82) is 0 Å². The van der Waals surface area contributed by atoms with Gasteiger partial charge in [-0.1, -0.05) is 42.8 Å². The van der Waals surface area contributed by atoms with E-state index in [0.717, 1.165) is 21.0 Å². The van der Waals surface area contributed by atoms with Crippen LogP contribution in [-0.2, 0) is 26.2 Å². The lowest BCUT2D eigenvalue weighted by Crippen LogP contribution is -2.51. The van der Waals surface area contributed by atoms with Gasteiger partial charge in [-0.05, 0) is 67.8 Å². The number of hydrogen-bond donors (Lipinski definition) is 1. The van der Waals surface area contributed by atoms with Gasteiger partial charge in [0.05, 0.1) is 24.8 Å². The summed E-state index contributed by atoms with van der Waals surface area (Å²) in [5, 5.41) is 2.62. The van der Waals surface area contributed by atoms with E-state index in [-0.39, 0.29) is 23.0 Å². The van der Waals surface area contributed by atoms with E-state index < -0.39 is 28.5 Å². The molecule has 3 rings (SSSR count). The van der Waals surface area contributed by atoms with Crippen LogP contribution < -0.4 is 19.1 Å². The molecule has 214 valence electrons. The molecular formula is C30H37N3O6S. The van der Waals surface area contributed by atoms with Crippen LogP contribution in [0.2, 0.25) is 0 Å². The van der Waals surface area contributed by atoms with Crippen molar-refractivity contribution in [2.45, 2.75) is 44.7 Å². The van der Waals surface area contributed by atoms with Crippen molar-refractivity contribution in [2.24, 2.45) is 0 Å². The van der Waals surface area contributed by atoms with Gasteiger partial charge in [0.2, 0.25) is 11.8 Å². The number of nitrogens with zero attached hydrogens (tertiary/aromatic N) is 2. The zero-order chi connectivity index (χ0) is 29.4. The minimum Gasteiger partial charge on any atom is -0.497 e. The summed E-state index contributed by atoms with van der Waals surface area (Å²) in [7, 11) is 0.291. The molecule has 0 aliphatic rings. The Labute approximate surface area is 236 Å². The first-order valence-electron chi connectivity index (χ1n) is 12.9. The third-order valence-electron chi connectivity index (χ3n) is 6.61. The standard InChI is InChI=1S/C30H37N3O6S/c1-7-26(30(35)31-4)32(19-23-9-8-10-24(18-23)38-5)29(34)20-33(27-17-22(3)13-16-28(27)39-6)40(36,37)25-14-11-21(2)12-15-25/h8-18,26H,7,19-20H2,1-6H3,(H,31,35). The highest BCUT2D eigenvalue weighted by molar-refractivity contribution is 7.92. The smallest absolute Gasteiger partial charge is 0.264 e. The fraction of sp³-hybridized carbons (Fsp3) is 0.333. The highest BCUT2D eigenvalue weighted by atomic mass is 32.2. The average molecular weight is 568 g/mol. The first kappa shape index (κ1) is 30.5. The number of amides is 2. The summed E-state index contributed by atoms with van der Waals surface area (Å²) in [6, 6.07) is 17.9. The van der Waals surface area contributed by atoms with Crippen LogP contribution in [-0.4, -0.2) is 59.0 Å². The molecule has 9 nitrogen and oxygen atoms in total. The summed E-state index contributed by atoms with van der Waals surface area (Å²) in [5.74, 6) is 0.00933. The number of aryl methyl sites for hydroxylation is 2. The Kier molecular flexibility index (Phi) is 10.2. The molecule has 10 heteroatoms. The molecule has 0 aliphatic carbocycles. The maximum Gasteiger partial charge on any atom is 0.264 e. The summed E-state index contributed by atoms with van der Waals surface area (Å²) in [6.45, 7) is 5.02. The number of rotatable bonds is 12. The number of methoxy groups -OCH3 is 2. The molecule has 2 amide bonds. The van der Waals surface area contributed by atoms with Gasteiger partial charge in [-0.3, -0.25) is 13.9 Å². The number of sulfonamides is 1. The number of benzene rings is 3. The SMILES string of the molecule is CCC(C(=O)NC)N(Cc1cccc(OC)c1)C(=O)CN(c1cc(C)ccc1OC)S(=O)(=O)c1ccc(C)cc1. The van der Waals surface area contributed by atoms with E-state index in [0.29, 0.717) is 17.9 Å². The average Bonchev–Trinajstić information content (AvgIpc) is 2.95. The number of hydrogen-bond acceptors (Lipinski definition) is 6. The minimum absolute atomic E-state index is 0.0344. The molecule has 0 aromatic heterocycles. The second-order valence-electron chi connectivity index (χ2n) is 9.41.